The first-order valence-electron chi connectivity index (χ1n) is 9.26. The number of hydrogen-bond donors (Lipinski definition) is 1. The maximum atomic E-state index is 12.5. The molecule has 0 saturated carbocycles. The molecule has 0 bridgehead atoms. The predicted octanol–water partition coefficient (Wildman–Crippen LogP) is 3.38. The zero-order chi connectivity index (χ0) is 20.4. The summed E-state index contributed by atoms with van der Waals surface area (Å²) in [6.07, 6.45) is 1.04. The highest BCUT2D eigenvalue weighted by Gasteiger charge is 2.21. The lowest BCUT2D eigenvalue weighted by Crippen LogP contribution is -2.25. The summed E-state index contributed by atoms with van der Waals surface area (Å²) in [6.45, 7) is 2.20. The second-order valence-corrected chi connectivity index (χ2v) is 6.86. The summed E-state index contributed by atoms with van der Waals surface area (Å²) in [6, 6.07) is 14.2. The molecule has 4 rings (SSSR count). The van der Waals surface area contributed by atoms with Crippen molar-refractivity contribution in [2.24, 2.45) is 0 Å². The summed E-state index contributed by atoms with van der Waals surface area (Å²) in [5, 5.41) is 6.79. The Balaban J connectivity index is 1.45. The number of methoxy groups -OCH3 is 1. The quantitative estimate of drug-likeness (QED) is 0.670. The first-order chi connectivity index (χ1) is 14.0. The van der Waals surface area contributed by atoms with Gasteiger partial charge in [-0.2, -0.15) is 0 Å². The number of fused-ring (bicyclic) bond motifs is 1. The van der Waals surface area contributed by atoms with Gasteiger partial charge in [-0.15, -0.1) is 0 Å². The fraction of sp³-hybridized carbons (Fsp3) is 0.227. The molecule has 1 atom stereocenters. The Labute approximate surface area is 167 Å². The van der Waals surface area contributed by atoms with E-state index in [0.29, 0.717) is 11.5 Å². The van der Waals surface area contributed by atoms with Crippen molar-refractivity contribution in [1.82, 2.24) is 10.5 Å². The Morgan fingerprint density at radius 2 is 1.97 bits per heavy atom. The van der Waals surface area contributed by atoms with Gasteiger partial charge in [0.1, 0.15) is 17.5 Å². The SMILES string of the molecule is COC(=O)c1ccccc1C(=O)NCc1cc(-c2ccc3c(c2)CC(C)O3)on1. The number of nitrogens with one attached hydrogen (secondary N) is 1. The number of amides is 1. The third kappa shape index (κ3) is 3.85. The normalized spacial score (nSPS) is 14.8. The fourth-order valence-corrected chi connectivity index (χ4v) is 3.34. The monoisotopic (exact) mass is 392 g/mol. The van der Waals surface area contributed by atoms with Crippen molar-refractivity contribution in [3.05, 3.63) is 70.9 Å². The van der Waals surface area contributed by atoms with E-state index in [-0.39, 0.29) is 29.7 Å². The van der Waals surface area contributed by atoms with Crippen LogP contribution in [0.5, 0.6) is 5.75 Å². The van der Waals surface area contributed by atoms with E-state index in [4.69, 9.17) is 14.0 Å². The minimum atomic E-state index is -0.561. The van der Waals surface area contributed by atoms with Gasteiger partial charge in [0.2, 0.25) is 0 Å². The molecule has 29 heavy (non-hydrogen) atoms. The summed E-state index contributed by atoms with van der Waals surface area (Å²) < 4.78 is 15.9. The molecular weight excluding hydrogens is 372 g/mol. The Hall–Kier alpha value is -3.61. The van der Waals surface area contributed by atoms with Crippen LogP contribution in [0.1, 0.15) is 38.9 Å². The van der Waals surface area contributed by atoms with E-state index < -0.39 is 5.97 Å². The summed E-state index contributed by atoms with van der Waals surface area (Å²) in [4.78, 5) is 24.3. The Morgan fingerprint density at radius 1 is 1.17 bits per heavy atom. The van der Waals surface area contributed by atoms with Crippen LogP contribution in [0.2, 0.25) is 0 Å². The molecular formula is C22H20N2O5. The minimum Gasteiger partial charge on any atom is -0.490 e. The summed E-state index contributed by atoms with van der Waals surface area (Å²) in [5.74, 6) is 0.567. The van der Waals surface area contributed by atoms with Gasteiger partial charge < -0.3 is 19.3 Å². The van der Waals surface area contributed by atoms with Crippen molar-refractivity contribution in [3.63, 3.8) is 0 Å². The Kier molecular flexibility index (Phi) is 5.03. The average molecular weight is 392 g/mol. The van der Waals surface area contributed by atoms with Gasteiger partial charge in [-0.1, -0.05) is 17.3 Å². The average Bonchev–Trinajstić information content (AvgIpc) is 3.36. The molecule has 3 aromatic rings. The topological polar surface area (TPSA) is 90.7 Å². The lowest BCUT2D eigenvalue weighted by atomic mass is 10.1. The number of rotatable bonds is 5. The molecule has 7 nitrogen and oxygen atoms in total. The largest absolute Gasteiger partial charge is 0.490 e. The van der Waals surface area contributed by atoms with Crippen molar-refractivity contribution in [1.29, 1.82) is 0 Å². The fourth-order valence-electron chi connectivity index (χ4n) is 3.34. The van der Waals surface area contributed by atoms with Crippen LogP contribution < -0.4 is 10.1 Å². The molecule has 0 spiro atoms. The van der Waals surface area contributed by atoms with Crippen molar-refractivity contribution in [2.75, 3.05) is 7.11 Å². The standard InChI is InChI=1S/C22H20N2O5/c1-13-9-15-10-14(7-8-19(15)28-13)20-11-16(24-29-20)12-23-21(25)17-5-3-4-6-18(17)22(26)27-2/h3-8,10-11,13H,9,12H2,1-2H3,(H,23,25). The molecule has 1 aliphatic rings. The molecule has 0 aliphatic carbocycles. The lowest BCUT2D eigenvalue weighted by Gasteiger charge is -2.07. The summed E-state index contributed by atoms with van der Waals surface area (Å²) in [7, 11) is 1.28. The molecule has 0 fully saturated rings. The van der Waals surface area contributed by atoms with E-state index in [1.54, 1.807) is 30.3 Å². The number of esters is 1. The predicted molar refractivity (Wildman–Crippen MR) is 105 cm³/mol. The van der Waals surface area contributed by atoms with Gasteiger partial charge in [0.05, 0.1) is 24.8 Å². The molecule has 2 aromatic carbocycles. The van der Waals surface area contributed by atoms with Crippen LogP contribution in [0.3, 0.4) is 0 Å². The number of carbonyl (C=O) groups is 2. The van der Waals surface area contributed by atoms with Crippen molar-refractivity contribution in [2.45, 2.75) is 26.0 Å². The van der Waals surface area contributed by atoms with E-state index in [2.05, 4.69) is 10.5 Å². The maximum Gasteiger partial charge on any atom is 0.338 e. The molecule has 1 aliphatic heterocycles. The third-order valence-electron chi connectivity index (χ3n) is 4.75. The molecule has 1 unspecified atom stereocenters. The number of hydrogen-bond acceptors (Lipinski definition) is 6. The summed E-state index contributed by atoms with van der Waals surface area (Å²) >= 11 is 0. The Bertz CT molecular complexity index is 1070. The van der Waals surface area contributed by atoms with E-state index in [1.165, 1.54) is 7.11 Å². The van der Waals surface area contributed by atoms with Crippen LogP contribution in [0, 0.1) is 0 Å². The van der Waals surface area contributed by atoms with Gasteiger partial charge >= 0.3 is 5.97 Å². The van der Waals surface area contributed by atoms with Crippen LogP contribution >= 0.6 is 0 Å². The second kappa shape index (κ2) is 7.79. The molecule has 1 N–H and O–H groups in total. The molecule has 7 heteroatoms. The van der Waals surface area contributed by atoms with E-state index >= 15 is 0 Å². The van der Waals surface area contributed by atoms with Crippen LogP contribution in [-0.4, -0.2) is 30.2 Å². The van der Waals surface area contributed by atoms with Crippen molar-refractivity contribution >= 4 is 11.9 Å². The minimum absolute atomic E-state index is 0.170. The number of ether oxygens (including phenoxy) is 2. The van der Waals surface area contributed by atoms with E-state index in [9.17, 15) is 9.59 Å². The molecule has 1 amide bonds. The zero-order valence-corrected chi connectivity index (χ0v) is 16.1. The first-order valence-corrected chi connectivity index (χ1v) is 9.26. The lowest BCUT2D eigenvalue weighted by molar-refractivity contribution is 0.0596. The number of carbonyl (C=O) groups excluding carboxylic acids is 2. The van der Waals surface area contributed by atoms with Gasteiger partial charge in [-0.05, 0) is 42.8 Å². The van der Waals surface area contributed by atoms with E-state index in [1.807, 2.05) is 25.1 Å². The van der Waals surface area contributed by atoms with Gasteiger partial charge in [-0.3, -0.25) is 4.79 Å². The summed E-state index contributed by atoms with van der Waals surface area (Å²) in [5.41, 5.74) is 3.08. The van der Waals surface area contributed by atoms with Gasteiger partial charge in [-0.25, -0.2) is 4.79 Å². The molecule has 2 heterocycles. The Morgan fingerprint density at radius 3 is 2.76 bits per heavy atom. The van der Waals surface area contributed by atoms with E-state index in [0.717, 1.165) is 23.3 Å². The van der Waals surface area contributed by atoms with Crippen LogP contribution in [0.15, 0.2) is 53.1 Å². The van der Waals surface area contributed by atoms with Gasteiger partial charge in [0, 0.05) is 18.1 Å². The van der Waals surface area contributed by atoms with Crippen molar-refractivity contribution < 1.29 is 23.6 Å². The number of aromatic nitrogens is 1. The smallest absolute Gasteiger partial charge is 0.338 e. The highest BCUT2D eigenvalue weighted by molar-refractivity contribution is 6.05. The van der Waals surface area contributed by atoms with Crippen LogP contribution in [0.25, 0.3) is 11.3 Å². The highest BCUT2D eigenvalue weighted by Crippen LogP contribution is 2.33. The first kappa shape index (κ1) is 18.7. The number of nitrogens with zero attached hydrogens (tertiary/aromatic N) is 1. The molecule has 0 saturated heterocycles. The van der Waals surface area contributed by atoms with Gasteiger partial charge in [0.25, 0.3) is 5.91 Å². The number of benzene rings is 2. The molecule has 148 valence electrons. The third-order valence-corrected chi connectivity index (χ3v) is 4.75. The highest BCUT2D eigenvalue weighted by atomic mass is 16.5. The van der Waals surface area contributed by atoms with Gasteiger partial charge in [0.15, 0.2) is 5.76 Å². The second-order valence-electron chi connectivity index (χ2n) is 6.86. The maximum absolute atomic E-state index is 12.5. The molecule has 1 aromatic heterocycles. The molecule has 0 radical (unpaired) electrons. The zero-order valence-electron chi connectivity index (χ0n) is 16.1. The van der Waals surface area contributed by atoms with Crippen molar-refractivity contribution in [3.8, 4) is 17.1 Å². The van der Waals surface area contributed by atoms with Crippen LogP contribution in [0.4, 0.5) is 0 Å². The van der Waals surface area contributed by atoms with Crippen LogP contribution in [-0.2, 0) is 17.7 Å².